The summed E-state index contributed by atoms with van der Waals surface area (Å²) in [5.74, 6) is 1.25. The Morgan fingerprint density at radius 3 is 2.78 bits per heavy atom. The number of ether oxygens (including phenoxy) is 2. The van der Waals surface area contributed by atoms with Gasteiger partial charge in [-0.25, -0.2) is 4.98 Å². The van der Waals surface area contributed by atoms with Crippen molar-refractivity contribution in [2.45, 2.75) is 26.7 Å². The van der Waals surface area contributed by atoms with Crippen molar-refractivity contribution < 1.29 is 14.3 Å². The second kappa shape index (κ2) is 8.53. The quantitative estimate of drug-likeness (QED) is 0.799. The predicted molar refractivity (Wildman–Crippen MR) is 92.5 cm³/mol. The van der Waals surface area contributed by atoms with Gasteiger partial charge in [-0.1, -0.05) is 13.8 Å². The van der Waals surface area contributed by atoms with Crippen molar-refractivity contribution in [2.24, 2.45) is 0 Å². The van der Waals surface area contributed by atoms with E-state index in [4.69, 9.17) is 9.47 Å². The minimum Gasteiger partial charge on any atom is -0.493 e. The largest absolute Gasteiger partial charge is 0.493 e. The second-order valence-corrected chi connectivity index (χ2v) is 5.87. The normalized spacial score (nSPS) is 10.4. The van der Waals surface area contributed by atoms with Crippen LogP contribution in [0.1, 0.15) is 37.2 Å². The molecular formula is C17H22N2O3S. The number of nitrogens with zero attached hydrogens (tertiary/aromatic N) is 1. The van der Waals surface area contributed by atoms with E-state index in [1.54, 1.807) is 12.5 Å². The van der Waals surface area contributed by atoms with E-state index < -0.39 is 0 Å². The molecule has 1 heterocycles. The predicted octanol–water partition coefficient (Wildman–Crippen LogP) is 3.75. The van der Waals surface area contributed by atoms with E-state index in [9.17, 15) is 4.79 Å². The minimum atomic E-state index is -0.135. The molecular weight excluding hydrogens is 312 g/mol. The van der Waals surface area contributed by atoms with Gasteiger partial charge in [-0.15, -0.1) is 11.3 Å². The number of amides is 1. The van der Waals surface area contributed by atoms with Crippen LogP contribution < -0.4 is 14.8 Å². The number of carbonyl (C=O) groups excluding carboxylic acids is 1. The van der Waals surface area contributed by atoms with Crippen molar-refractivity contribution in [3.8, 4) is 22.1 Å². The van der Waals surface area contributed by atoms with Crippen LogP contribution in [0.4, 0.5) is 0 Å². The Bertz CT molecular complexity index is 655. The summed E-state index contributed by atoms with van der Waals surface area (Å²) in [6, 6.07) is 5.69. The first-order chi connectivity index (χ1) is 11.2. The summed E-state index contributed by atoms with van der Waals surface area (Å²) in [6.45, 7) is 5.38. The third kappa shape index (κ3) is 4.45. The fourth-order valence-electron chi connectivity index (χ4n) is 1.97. The van der Waals surface area contributed by atoms with Gasteiger partial charge in [-0.05, 0) is 31.0 Å². The average Bonchev–Trinajstić information content (AvgIpc) is 3.07. The lowest BCUT2D eigenvalue weighted by Crippen LogP contribution is -2.24. The molecule has 0 saturated carbocycles. The number of thiazole rings is 1. The van der Waals surface area contributed by atoms with Crippen LogP contribution in [-0.2, 0) is 0 Å². The number of nitrogens with one attached hydrogen (secondary N) is 1. The third-order valence-electron chi connectivity index (χ3n) is 3.14. The molecule has 2 rings (SSSR count). The van der Waals surface area contributed by atoms with Gasteiger partial charge in [0, 0.05) is 17.5 Å². The van der Waals surface area contributed by atoms with Crippen LogP contribution in [-0.4, -0.2) is 31.2 Å². The zero-order valence-corrected chi connectivity index (χ0v) is 14.5. The van der Waals surface area contributed by atoms with Gasteiger partial charge in [0.15, 0.2) is 11.5 Å². The molecule has 0 unspecified atom stereocenters. The van der Waals surface area contributed by atoms with Crippen LogP contribution in [0.5, 0.6) is 11.5 Å². The number of carbonyl (C=O) groups is 1. The van der Waals surface area contributed by atoms with E-state index in [1.807, 2.05) is 25.1 Å². The lowest BCUT2D eigenvalue weighted by Gasteiger charge is -2.10. The molecule has 0 fully saturated rings. The van der Waals surface area contributed by atoms with Gasteiger partial charge < -0.3 is 14.8 Å². The van der Waals surface area contributed by atoms with E-state index in [2.05, 4.69) is 17.2 Å². The Morgan fingerprint density at radius 1 is 1.26 bits per heavy atom. The number of benzene rings is 1. The van der Waals surface area contributed by atoms with Gasteiger partial charge in [0.2, 0.25) is 0 Å². The molecule has 0 aliphatic heterocycles. The summed E-state index contributed by atoms with van der Waals surface area (Å²) < 4.78 is 11.0. The van der Waals surface area contributed by atoms with Crippen molar-refractivity contribution in [2.75, 3.05) is 20.3 Å². The number of aromatic nitrogens is 1. The van der Waals surface area contributed by atoms with Crippen LogP contribution in [0.3, 0.4) is 0 Å². The summed E-state index contributed by atoms with van der Waals surface area (Å²) in [7, 11) is 1.61. The first-order valence-corrected chi connectivity index (χ1v) is 8.62. The molecule has 0 saturated heterocycles. The Balaban J connectivity index is 2.18. The summed E-state index contributed by atoms with van der Waals surface area (Å²) >= 11 is 1.44. The fraction of sp³-hybridized carbons (Fsp3) is 0.412. The summed E-state index contributed by atoms with van der Waals surface area (Å²) in [4.78, 5) is 16.3. The van der Waals surface area contributed by atoms with E-state index in [-0.39, 0.29) is 5.91 Å². The highest BCUT2D eigenvalue weighted by molar-refractivity contribution is 7.13. The molecule has 1 N–H and O–H groups in total. The van der Waals surface area contributed by atoms with Crippen molar-refractivity contribution in [1.29, 1.82) is 0 Å². The van der Waals surface area contributed by atoms with Gasteiger partial charge in [0.25, 0.3) is 5.91 Å². The fourth-order valence-corrected chi connectivity index (χ4v) is 2.77. The van der Waals surface area contributed by atoms with Crippen LogP contribution in [0.15, 0.2) is 23.6 Å². The second-order valence-electron chi connectivity index (χ2n) is 5.01. The molecule has 0 radical (unpaired) electrons. The minimum absolute atomic E-state index is 0.135. The molecule has 0 aliphatic rings. The summed E-state index contributed by atoms with van der Waals surface area (Å²) in [5.41, 5.74) is 1.36. The Kier molecular flexibility index (Phi) is 6.40. The first-order valence-electron chi connectivity index (χ1n) is 7.74. The smallest absolute Gasteiger partial charge is 0.270 e. The van der Waals surface area contributed by atoms with Crippen LogP contribution in [0, 0.1) is 0 Å². The zero-order chi connectivity index (χ0) is 16.7. The molecule has 0 spiro atoms. The molecule has 1 aromatic carbocycles. The SMILES string of the molecule is CCCNC(=O)c1csc(-c2ccc(OCCC)c(OC)c2)n1. The van der Waals surface area contributed by atoms with Gasteiger partial charge in [0.05, 0.1) is 13.7 Å². The van der Waals surface area contributed by atoms with Gasteiger partial charge in [0.1, 0.15) is 10.7 Å². The standard InChI is InChI=1S/C17H22N2O3S/c1-4-8-18-16(20)13-11-23-17(19-13)12-6-7-14(22-9-5-2)15(10-12)21-3/h6-7,10-11H,4-5,8-9H2,1-3H3,(H,18,20). The van der Waals surface area contributed by atoms with E-state index >= 15 is 0 Å². The molecule has 1 amide bonds. The Morgan fingerprint density at radius 2 is 2.09 bits per heavy atom. The highest BCUT2D eigenvalue weighted by Gasteiger charge is 2.13. The molecule has 6 heteroatoms. The number of methoxy groups -OCH3 is 1. The molecule has 5 nitrogen and oxygen atoms in total. The third-order valence-corrected chi connectivity index (χ3v) is 4.04. The van der Waals surface area contributed by atoms with Crippen LogP contribution in [0.2, 0.25) is 0 Å². The summed E-state index contributed by atoms with van der Waals surface area (Å²) in [5, 5.41) is 5.39. The monoisotopic (exact) mass is 334 g/mol. The first kappa shape index (κ1) is 17.3. The van der Waals surface area contributed by atoms with Gasteiger partial charge in [-0.2, -0.15) is 0 Å². The maximum Gasteiger partial charge on any atom is 0.270 e. The Labute approximate surface area is 140 Å². The molecule has 2 aromatic rings. The molecule has 1 aromatic heterocycles. The highest BCUT2D eigenvalue weighted by Crippen LogP contribution is 2.33. The molecule has 0 atom stereocenters. The summed E-state index contributed by atoms with van der Waals surface area (Å²) in [6.07, 6.45) is 1.84. The van der Waals surface area contributed by atoms with Crippen molar-refractivity contribution in [3.63, 3.8) is 0 Å². The van der Waals surface area contributed by atoms with E-state index in [0.29, 0.717) is 24.6 Å². The van der Waals surface area contributed by atoms with Crippen molar-refractivity contribution >= 4 is 17.2 Å². The van der Waals surface area contributed by atoms with Gasteiger partial charge >= 0.3 is 0 Å². The number of hydrogen-bond donors (Lipinski definition) is 1. The molecule has 0 aliphatic carbocycles. The highest BCUT2D eigenvalue weighted by atomic mass is 32.1. The topological polar surface area (TPSA) is 60.5 Å². The van der Waals surface area contributed by atoms with Crippen molar-refractivity contribution in [3.05, 3.63) is 29.3 Å². The van der Waals surface area contributed by atoms with Crippen molar-refractivity contribution in [1.82, 2.24) is 10.3 Å². The maximum atomic E-state index is 11.9. The Hall–Kier alpha value is -2.08. The van der Waals surface area contributed by atoms with Crippen LogP contribution >= 0.6 is 11.3 Å². The maximum absolute atomic E-state index is 11.9. The van der Waals surface area contributed by atoms with Gasteiger partial charge in [-0.3, -0.25) is 4.79 Å². The van der Waals surface area contributed by atoms with E-state index in [1.165, 1.54) is 11.3 Å². The lowest BCUT2D eigenvalue weighted by atomic mass is 10.2. The zero-order valence-electron chi connectivity index (χ0n) is 13.7. The number of hydrogen-bond acceptors (Lipinski definition) is 5. The van der Waals surface area contributed by atoms with Crippen LogP contribution in [0.25, 0.3) is 10.6 Å². The lowest BCUT2D eigenvalue weighted by molar-refractivity contribution is 0.0949. The molecule has 124 valence electrons. The van der Waals surface area contributed by atoms with E-state index in [0.717, 1.165) is 29.2 Å². The molecule has 0 bridgehead atoms. The number of rotatable bonds is 8. The molecule has 23 heavy (non-hydrogen) atoms. The average molecular weight is 334 g/mol.